The zero-order valence-electron chi connectivity index (χ0n) is 10.6. The molecule has 0 aromatic heterocycles. The molecule has 20 heavy (non-hydrogen) atoms. The Hall–Kier alpha value is -2.42. The molecule has 104 valence electrons. The van der Waals surface area contributed by atoms with Crippen molar-refractivity contribution in [2.24, 2.45) is 11.8 Å². The quantitative estimate of drug-likeness (QED) is 0.884. The topological polar surface area (TPSA) is 90.2 Å². The number of amides is 1. The van der Waals surface area contributed by atoms with Crippen molar-refractivity contribution in [1.29, 1.82) is 5.26 Å². The van der Waals surface area contributed by atoms with E-state index in [4.69, 9.17) is 10.4 Å². The smallest absolute Gasteiger partial charge is 0.306 e. The largest absolute Gasteiger partial charge is 0.481 e. The first-order valence-electron chi connectivity index (χ1n) is 6.24. The van der Waals surface area contributed by atoms with Crippen molar-refractivity contribution in [1.82, 2.24) is 0 Å². The third kappa shape index (κ3) is 2.94. The number of aliphatic carboxylic acids is 1. The van der Waals surface area contributed by atoms with Gasteiger partial charge in [-0.25, -0.2) is 4.39 Å². The molecule has 1 aromatic rings. The number of nitrogens with zero attached hydrogens (tertiary/aromatic N) is 1. The van der Waals surface area contributed by atoms with Gasteiger partial charge >= 0.3 is 5.97 Å². The summed E-state index contributed by atoms with van der Waals surface area (Å²) in [6.45, 7) is 0. The Balaban J connectivity index is 2.02. The summed E-state index contributed by atoms with van der Waals surface area (Å²) >= 11 is 0. The Morgan fingerprint density at radius 3 is 2.65 bits per heavy atom. The standard InChI is InChI=1S/C14H13FN2O3/c15-12-4-3-11(6-10(12)7-16)17-13(18)8-1-2-9(5-8)14(19)20/h3-4,6,8-9H,1-2,5H2,(H,17,18)(H,19,20)/t8-,9+/m1/s1. The van der Waals surface area contributed by atoms with Gasteiger partial charge in [0.15, 0.2) is 0 Å². The Bertz CT molecular complexity index is 595. The first-order valence-corrected chi connectivity index (χ1v) is 6.24. The molecule has 0 unspecified atom stereocenters. The minimum Gasteiger partial charge on any atom is -0.481 e. The first kappa shape index (κ1) is 14.0. The molecule has 0 heterocycles. The molecule has 1 aromatic carbocycles. The number of nitrogens with one attached hydrogen (secondary N) is 1. The highest BCUT2D eigenvalue weighted by Gasteiger charge is 2.33. The van der Waals surface area contributed by atoms with Gasteiger partial charge in [-0.2, -0.15) is 5.26 Å². The zero-order chi connectivity index (χ0) is 14.7. The van der Waals surface area contributed by atoms with Crippen LogP contribution in [-0.4, -0.2) is 17.0 Å². The summed E-state index contributed by atoms with van der Waals surface area (Å²) in [7, 11) is 0. The lowest BCUT2D eigenvalue weighted by molar-refractivity contribution is -0.141. The molecule has 0 bridgehead atoms. The molecule has 0 saturated heterocycles. The second-order valence-corrected chi connectivity index (χ2v) is 4.84. The van der Waals surface area contributed by atoms with Crippen molar-refractivity contribution in [2.75, 3.05) is 5.32 Å². The van der Waals surface area contributed by atoms with E-state index in [2.05, 4.69) is 5.32 Å². The monoisotopic (exact) mass is 276 g/mol. The van der Waals surface area contributed by atoms with E-state index < -0.39 is 17.7 Å². The highest BCUT2D eigenvalue weighted by molar-refractivity contribution is 5.93. The van der Waals surface area contributed by atoms with E-state index in [0.29, 0.717) is 24.9 Å². The minimum absolute atomic E-state index is 0.141. The van der Waals surface area contributed by atoms with Gasteiger partial charge in [0, 0.05) is 11.6 Å². The van der Waals surface area contributed by atoms with Crippen LogP contribution in [0.25, 0.3) is 0 Å². The molecule has 1 fully saturated rings. The summed E-state index contributed by atoms with van der Waals surface area (Å²) in [5.41, 5.74) is 0.198. The number of halogens is 1. The third-order valence-electron chi connectivity index (χ3n) is 3.51. The fourth-order valence-electron chi connectivity index (χ4n) is 2.38. The van der Waals surface area contributed by atoms with E-state index in [1.165, 1.54) is 12.1 Å². The average molecular weight is 276 g/mol. The summed E-state index contributed by atoms with van der Waals surface area (Å²) < 4.78 is 13.1. The predicted octanol–water partition coefficient (Wildman–Crippen LogP) is 2.14. The van der Waals surface area contributed by atoms with Gasteiger partial charge in [0.25, 0.3) is 0 Å². The average Bonchev–Trinajstić information content (AvgIpc) is 2.91. The van der Waals surface area contributed by atoms with E-state index in [9.17, 15) is 14.0 Å². The molecule has 2 atom stereocenters. The maximum atomic E-state index is 13.1. The summed E-state index contributed by atoms with van der Waals surface area (Å²) in [5, 5.41) is 20.2. The number of carboxylic acid groups (broad SMARTS) is 1. The van der Waals surface area contributed by atoms with Crippen molar-refractivity contribution in [3.05, 3.63) is 29.6 Å². The second kappa shape index (κ2) is 5.70. The van der Waals surface area contributed by atoms with Crippen LogP contribution in [0.15, 0.2) is 18.2 Å². The molecular weight excluding hydrogens is 263 g/mol. The Kier molecular flexibility index (Phi) is 3.99. The number of carboxylic acids is 1. The number of carbonyl (C=O) groups is 2. The van der Waals surface area contributed by atoms with E-state index in [1.807, 2.05) is 0 Å². The van der Waals surface area contributed by atoms with Crippen molar-refractivity contribution < 1.29 is 19.1 Å². The van der Waals surface area contributed by atoms with Gasteiger partial charge in [-0.1, -0.05) is 0 Å². The normalized spacial score (nSPS) is 21.2. The number of hydrogen-bond donors (Lipinski definition) is 2. The van der Waals surface area contributed by atoms with Crippen molar-refractivity contribution in [2.45, 2.75) is 19.3 Å². The van der Waals surface area contributed by atoms with E-state index in [-0.39, 0.29) is 17.4 Å². The van der Waals surface area contributed by atoms with E-state index in [0.717, 1.165) is 6.07 Å². The highest BCUT2D eigenvalue weighted by atomic mass is 19.1. The maximum Gasteiger partial charge on any atom is 0.306 e. The van der Waals surface area contributed by atoms with Crippen LogP contribution in [0.2, 0.25) is 0 Å². The van der Waals surface area contributed by atoms with Crippen LogP contribution in [-0.2, 0) is 9.59 Å². The molecular formula is C14H13FN2O3. The van der Waals surface area contributed by atoms with Crippen LogP contribution in [0, 0.1) is 29.0 Å². The molecule has 5 nitrogen and oxygen atoms in total. The number of carbonyl (C=O) groups excluding carboxylic acids is 1. The van der Waals surface area contributed by atoms with Crippen molar-refractivity contribution in [3.8, 4) is 6.07 Å². The van der Waals surface area contributed by atoms with Crippen LogP contribution >= 0.6 is 0 Å². The van der Waals surface area contributed by atoms with Gasteiger partial charge in [0.2, 0.25) is 5.91 Å². The molecule has 1 amide bonds. The summed E-state index contributed by atoms with van der Waals surface area (Å²) in [6, 6.07) is 5.44. The predicted molar refractivity (Wildman–Crippen MR) is 68.2 cm³/mol. The van der Waals surface area contributed by atoms with Crippen LogP contribution in [0.1, 0.15) is 24.8 Å². The molecule has 1 saturated carbocycles. The maximum absolute atomic E-state index is 13.1. The highest BCUT2D eigenvalue weighted by Crippen LogP contribution is 2.32. The molecule has 1 aliphatic carbocycles. The SMILES string of the molecule is N#Cc1cc(NC(=O)[C@@H]2CC[C@H](C(=O)O)C2)ccc1F. The summed E-state index contributed by atoms with van der Waals surface area (Å²) in [6.07, 6.45) is 1.32. The summed E-state index contributed by atoms with van der Waals surface area (Å²) in [5.74, 6) is -2.64. The number of benzene rings is 1. The molecule has 2 rings (SSSR count). The van der Waals surface area contributed by atoms with Crippen LogP contribution < -0.4 is 5.32 Å². The van der Waals surface area contributed by atoms with Crippen LogP contribution in [0.5, 0.6) is 0 Å². The van der Waals surface area contributed by atoms with E-state index >= 15 is 0 Å². The Labute approximate surface area is 115 Å². The van der Waals surface area contributed by atoms with Crippen LogP contribution in [0.3, 0.4) is 0 Å². The Morgan fingerprint density at radius 1 is 1.35 bits per heavy atom. The second-order valence-electron chi connectivity index (χ2n) is 4.84. The third-order valence-corrected chi connectivity index (χ3v) is 3.51. The molecule has 0 aliphatic heterocycles. The minimum atomic E-state index is -0.881. The number of rotatable bonds is 3. The van der Waals surface area contributed by atoms with Gasteiger partial charge in [-0.3, -0.25) is 9.59 Å². The molecule has 1 aliphatic rings. The molecule has 0 radical (unpaired) electrons. The lowest BCUT2D eigenvalue weighted by Crippen LogP contribution is -2.21. The van der Waals surface area contributed by atoms with Gasteiger partial charge in [0.1, 0.15) is 11.9 Å². The molecule has 6 heteroatoms. The lowest BCUT2D eigenvalue weighted by atomic mass is 10.0. The fourth-order valence-corrected chi connectivity index (χ4v) is 2.38. The van der Waals surface area contributed by atoms with Gasteiger partial charge < -0.3 is 10.4 Å². The number of nitriles is 1. The van der Waals surface area contributed by atoms with Crippen LogP contribution in [0.4, 0.5) is 10.1 Å². The Morgan fingerprint density at radius 2 is 2.05 bits per heavy atom. The zero-order valence-corrected chi connectivity index (χ0v) is 10.6. The fraction of sp³-hybridized carbons (Fsp3) is 0.357. The van der Waals surface area contributed by atoms with Gasteiger partial charge in [0.05, 0.1) is 11.5 Å². The molecule has 2 N–H and O–H groups in total. The van der Waals surface area contributed by atoms with Crippen molar-refractivity contribution in [3.63, 3.8) is 0 Å². The lowest BCUT2D eigenvalue weighted by Gasteiger charge is -2.11. The van der Waals surface area contributed by atoms with Gasteiger partial charge in [-0.05, 0) is 37.5 Å². The van der Waals surface area contributed by atoms with E-state index in [1.54, 1.807) is 6.07 Å². The molecule has 0 spiro atoms. The number of anilines is 1. The first-order chi connectivity index (χ1) is 9.51. The number of hydrogen-bond acceptors (Lipinski definition) is 3. The van der Waals surface area contributed by atoms with Gasteiger partial charge in [-0.15, -0.1) is 0 Å². The van der Waals surface area contributed by atoms with Crippen molar-refractivity contribution >= 4 is 17.6 Å². The summed E-state index contributed by atoms with van der Waals surface area (Å²) in [4.78, 5) is 22.8.